The average Bonchev–Trinajstić information content (AvgIpc) is 3.72. The zero-order valence-corrected chi connectivity index (χ0v) is 31.2. The Bertz CT molecular complexity index is 3390. The summed E-state index contributed by atoms with van der Waals surface area (Å²) in [4.78, 5) is 0. The van der Waals surface area contributed by atoms with Crippen molar-refractivity contribution in [1.29, 1.82) is 0 Å². The molecule has 0 saturated carbocycles. The molecule has 1 heterocycles. The number of furan rings is 1. The Balaban J connectivity index is 1.00. The van der Waals surface area contributed by atoms with Gasteiger partial charge >= 0.3 is 0 Å². The van der Waals surface area contributed by atoms with Crippen molar-refractivity contribution < 1.29 is 4.42 Å². The maximum Gasteiger partial charge on any atom is 0.143 e. The van der Waals surface area contributed by atoms with Gasteiger partial charge in [0.25, 0.3) is 0 Å². The number of fused-ring (bicyclic) bond motifs is 11. The molecule has 0 spiro atoms. The molecule has 1 aliphatic rings. The fourth-order valence-corrected chi connectivity index (χ4v) is 9.86. The van der Waals surface area contributed by atoms with Crippen LogP contribution in [0, 0.1) is 0 Å². The average molecular weight is 713 g/mol. The molecule has 12 rings (SSSR count). The summed E-state index contributed by atoms with van der Waals surface area (Å²) in [7, 11) is 0. The fourth-order valence-electron chi connectivity index (χ4n) is 9.86. The van der Waals surface area contributed by atoms with Crippen molar-refractivity contribution in [2.75, 3.05) is 0 Å². The van der Waals surface area contributed by atoms with E-state index in [1.54, 1.807) is 0 Å². The van der Waals surface area contributed by atoms with Crippen LogP contribution in [0.25, 0.3) is 110 Å². The summed E-state index contributed by atoms with van der Waals surface area (Å²) in [6.07, 6.45) is 0. The molecule has 0 radical (unpaired) electrons. The maximum atomic E-state index is 6.64. The molecular formula is C55H36O. The third-order valence-electron chi connectivity index (χ3n) is 12.6. The summed E-state index contributed by atoms with van der Waals surface area (Å²) in [5.41, 5.74) is 14.5. The molecule has 0 fully saturated rings. The zero-order chi connectivity index (χ0) is 37.1. The van der Waals surface area contributed by atoms with E-state index in [0.29, 0.717) is 0 Å². The van der Waals surface area contributed by atoms with Crippen LogP contribution < -0.4 is 0 Å². The Morgan fingerprint density at radius 2 is 0.893 bits per heavy atom. The number of rotatable bonds is 3. The minimum Gasteiger partial charge on any atom is -0.455 e. The molecule has 1 heteroatoms. The number of hydrogen-bond donors (Lipinski definition) is 0. The minimum absolute atomic E-state index is 0.182. The highest BCUT2D eigenvalue weighted by Crippen LogP contribution is 2.52. The molecule has 11 aromatic rings. The molecule has 10 aromatic carbocycles. The van der Waals surface area contributed by atoms with Crippen molar-refractivity contribution in [2.45, 2.75) is 19.3 Å². The summed E-state index contributed by atoms with van der Waals surface area (Å²) in [6.45, 7) is 4.72. The van der Waals surface area contributed by atoms with Gasteiger partial charge in [0.1, 0.15) is 11.2 Å². The summed E-state index contributed by atoms with van der Waals surface area (Å²) >= 11 is 0. The van der Waals surface area contributed by atoms with Crippen LogP contribution in [0.5, 0.6) is 0 Å². The lowest BCUT2D eigenvalue weighted by Crippen LogP contribution is -2.15. The van der Waals surface area contributed by atoms with E-state index in [9.17, 15) is 0 Å². The van der Waals surface area contributed by atoms with Gasteiger partial charge in [-0.15, -0.1) is 0 Å². The van der Waals surface area contributed by atoms with Crippen LogP contribution in [0.15, 0.2) is 186 Å². The Morgan fingerprint density at radius 3 is 1.62 bits per heavy atom. The Kier molecular flexibility index (Phi) is 6.46. The van der Waals surface area contributed by atoms with Crippen molar-refractivity contribution >= 4 is 65.0 Å². The first kappa shape index (κ1) is 31.4. The van der Waals surface area contributed by atoms with Gasteiger partial charge in [-0.3, -0.25) is 0 Å². The van der Waals surface area contributed by atoms with Gasteiger partial charge < -0.3 is 4.42 Å². The second-order valence-corrected chi connectivity index (χ2v) is 16.0. The van der Waals surface area contributed by atoms with E-state index in [1.807, 2.05) is 0 Å². The summed E-state index contributed by atoms with van der Waals surface area (Å²) in [5, 5.41) is 12.3. The van der Waals surface area contributed by atoms with E-state index in [0.717, 1.165) is 16.6 Å². The zero-order valence-electron chi connectivity index (χ0n) is 31.2. The second-order valence-electron chi connectivity index (χ2n) is 16.0. The predicted octanol–water partition coefficient (Wildman–Crippen LogP) is 15.5. The lowest BCUT2D eigenvalue weighted by molar-refractivity contribution is 0.649. The molecule has 0 aliphatic heterocycles. The topological polar surface area (TPSA) is 13.1 Å². The quantitative estimate of drug-likeness (QED) is 0.166. The molecule has 0 saturated heterocycles. The largest absolute Gasteiger partial charge is 0.455 e. The Hall–Kier alpha value is -6.96. The van der Waals surface area contributed by atoms with Crippen LogP contribution in [0.4, 0.5) is 0 Å². The highest BCUT2D eigenvalue weighted by molar-refractivity contribution is 6.22. The van der Waals surface area contributed by atoms with E-state index >= 15 is 0 Å². The normalized spacial score (nSPS) is 13.3. The van der Waals surface area contributed by atoms with Gasteiger partial charge in [-0.05, 0) is 130 Å². The monoisotopic (exact) mass is 712 g/mol. The molecule has 56 heavy (non-hydrogen) atoms. The molecule has 0 N–H and O–H groups in total. The third-order valence-corrected chi connectivity index (χ3v) is 12.6. The molecule has 0 bridgehead atoms. The van der Waals surface area contributed by atoms with Crippen LogP contribution in [-0.4, -0.2) is 0 Å². The molecule has 0 atom stereocenters. The second kappa shape index (κ2) is 11.5. The van der Waals surface area contributed by atoms with Gasteiger partial charge in [-0.1, -0.05) is 159 Å². The minimum atomic E-state index is -0.182. The van der Waals surface area contributed by atoms with Gasteiger partial charge in [0.05, 0.1) is 0 Å². The van der Waals surface area contributed by atoms with E-state index in [-0.39, 0.29) is 5.41 Å². The van der Waals surface area contributed by atoms with Crippen molar-refractivity contribution in [2.24, 2.45) is 0 Å². The molecule has 262 valence electrons. The van der Waals surface area contributed by atoms with Crippen LogP contribution in [-0.2, 0) is 5.41 Å². The first-order chi connectivity index (χ1) is 27.5. The molecule has 1 aliphatic carbocycles. The molecule has 1 nitrogen and oxygen atoms in total. The van der Waals surface area contributed by atoms with Crippen LogP contribution in [0.2, 0.25) is 0 Å². The van der Waals surface area contributed by atoms with Gasteiger partial charge in [0.15, 0.2) is 0 Å². The van der Waals surface area contributed by atoms with Gasteiger partial charge in [-0.25, -0.2) is 0 Å². The molecule has 1 aromatic heterocycles. The predicted molar refractivity (Wildman–Crippen MR) is 238 cm³/mol. The lowest BCUT2D eigenvalue weighted by Gasteiger charge is -2.22. The van der Waals surface area contributed by atoms with E-state index < -0.39 is 0 Å². The first-order valence-corrected chi connectivity index (χ1v) is 19.6. The van der Waals surface area contributed by atoms with Gasteiger partial charge in [0.2, 0.25) is 0 Å². The SMILES string of the molecule is CC1(C)c2cc(-c3cccc(-c4c5ccccc5c(-c5ccc6ccccc6c5)c5ccccc45)c3)ccc2-c2cc3c(cc21)oc1c2ccccc2ccc31. The van der Waals surface area contributed by atoms with Crippen molar-refractivity contribution in [3.63, 3.8) is 0 Å². The van der Waals surface area contributed by atoms with Gasteiger partial charge in [-0.2, -0.15) is 0 Å². The maximum absolute atomic E-state index is 6.64. The van der Waals surface area contributed by atoms with Crippen LogP contribution >= 0.6 is 0 Å². The van der Waals surface area contributed by atoms with E-state index in [1.165, 1.54) is 104 Å². The molecular weight excluding hydrogens is 677 g/mol. The first-order valence-electron chi connectivity index (χ1n) is 19.6. The lowest BCUT2D eigenvalue weighted by atomic mass is 9.81. The van der Waals surface area contributed by atoms with Crippen LogP contribution in [0.1, 0.15) is 25.0 Å². The van der Waals surface area contributed by atoms with E-state index in [2.05, 4.69) is 196 Å². The Labute approximate surface area is 325 Å². The standard InChI is InChI=1S/C55H36O/c1-55(2)49-30-37(25-26-41(49)47-31-48-46-27-24-34-13-5-6-17-40(34)54(46)56-51(48)32-50(47)55)36-15-11-16-38(29-36)52-42-18-7-9-20-44(42)53(45-21-10-8-19-43(45)52)39-23-22-33-12-3-4-14-35(33)28-39/h3-32H,1-2H3. The van der Waals surface area contributed by atoms with Crippen LogP contribution in [0.3, 0.4) is 0 Å². The Morgan fingerprint density at radius 1 is 0.339 bits per heavy atom. The number of hydrogen-bond acceptors (Lipinski definition) is 1. The summed E-state index contributed by atoms with van der Waals surface area (Å²) in [6, 6.07) is 67.3. The van der Waals surface area contributed by atoms with Crippen molar-refractivity contribution in [1.82, 2.24) is 0 Å². The number of benzene rings is 10. The van der Waals surface area contributed by atoms with E-state index in [4.69, 9.17) is 4.42 Å². The summed E-state index contributed by atoms with van der Waals surface area (Å²) in [5.74, 6) is 0. The smallest absolute Gasteiger partial charge is 0.143 e. The van der Waals surface area contributed by atoms with Gasteiger partial charge in [0, 0.05) is 21.6 Å². The highest BCUT2D eigenvalue weighted by atomic mass is 16.3. The molecule has 0 amide bonds. The molecule has 0 unspecified atom stereocenters. The van der Waals surface area contributed by atoms with Crippen molar-refractivity contribution in [3.8, 4) is 44.5 Å². The highest BCUT2D eigenvalue weighted by Gasteiger charge is 2.36. The third kappa shape index (κ3) is 4.43. The summed E-state index contributed by atoms with van der Waals surface area (Å²) < 4.78 is 6.64. The van der Waals surface area contributed by atoms with Crippen molar-refractivity contribution in [3.05, 3.63) is 193 Å². The fraction of sp³-hybridized carbons (Fsp3) is 0.0545.